The normalized spacial score (nSPS) is 11.5. The van der Waals surface area contributed by atoms with E-state index in [1.807, 2.05) is 0 Å². The Hall–Kier alpha value is -1.14. The van der Waals surface area contributed by atoms with Crippen LogP contribution < -0.4 is 11.1 Å². The first-order valence-corrected chi connectivity index (χ1v) is 12.7. The van der Waals surface area contributed by atoms with Crippen LogP contribution in [0.4, 0.5) is 0 Å². The highest BCUT2D eigenvalue weighted by Crippen LogP contribution is 2.13. The molecule has 0 aromatic carbocycles. The molecule has 0 aliphatic heterocycles. The summed E-state index contributed by atoms with van der Waals surface area (Å²) in [5, 5.41) is 10.8. The average molecular weight is 445 g/mol. The molecule has 0 saturated heterocycles. The van der Waals surface area contributed by atoms with Gasteiger partial charge in [0.25, 0.3) is 5.97 Å². The van der Waals surface area contributed by atoms with Crippen molar-refractivity contribution >= 4 is 11.9 Å². The number of hydrogen-bond acceptors (Lipinski definition) is 5. The fourth-order valence-electron chi connectivity index (χ4n) is 3.53. The molecule has 0 aliphatic carbocycles. The van der Waals surface area contributed by atoms with Gasteiger partial charge < -0.3 is 20.9 Å². The molecule has 0 bridgehead atoms. The number of carboxylic acid groups (broad SMARTS) is 1. The molecule has 0 spiro atoms. The predicted octanol–water partition coefficient (Wildman–Crippen LogP) is 5.82. The first-order chi connectivity index (χ1) is 15.0. The zero-order valence-corrected chi connectivity index (χ0v) is 20.8. The second-order valence-electron chi connectivity index (χ2n) is 8.43. The van der Waals surface area contributed by atoms with Gasteiger partial charge in [0.2, 0.25) is 0 Å². The summed E-state index contributed by atoms with van der Waals surface area (Å²) in [6, 6.07) is -0.163. The Morgan fingerprint density at radius 1 is 0.806 bits per heavy atom. The molecule has 0 saturated carbocycles. The van der Waals surface area contributed by atoms with Crippen molar-refractivity contribution in [3.8, 4) is 0 Å². The molecule has 4 N–H and O–H groups in total. The third-order valence-electron chi connectivity index (χ3n) is 5.35. The van der Waals surface area contributed by atoms with E-state index in [4.69, 9.17) is 20.4 Å². The highest BCUT2D eigenvalue weighted by atomic mass is 16.5. The van der Waals surface area contributed by atoms with Crippen LogP contribution in [-0.4, -0.2) is 43.3 Å². The van der Waals surface area contributed by atoms with Crippen molar-refractivity contribution in [2.75, 3.05) is 20.2 Å². The first-order valence-electron chi connectivity index (χ1n) is 12.7. The number of carbonyl (C=O) groups is 2. The summed E-state index contributed by atoms with van der Waals surface area (Å²) in [5.41, 5.74) is 5.52. The standard InChI is InChI=1S/C23H48N2O2.C2H4O2/c1-3-4-5-6-7-8-9-10-11-12-13-14-15-18-21-25-22(23(26)27-2)19-16-17-20-24;1-2(3)4/h22,25H,3-21,24H2,1-2H3;1H3,(H,3,4). The maximum Gasteiger partial charge on any atom is 0.322 e. The molecule has 0 fully saturated rings. The highest BCUT2D eigenvalue weighted by molar-refractivity contribution is 5.75. The summed E-state index contributed by atoms with van der Waals surface area (Å²) >= 11 is 0. The van der Waals surface area contributed by atoms with Crippen LogP contribution >= 0.6 is 0 Å². The fraction of sp³-hybridized carbons (Fsp3) is 0.920. The SMILES string of the molecule is CC(=O)O.CCCCCCCCCCCCCCCCNC(CCCCN)C(=O)OC. The summed E-state index contributed by atoms with van der Waals surface area (Å²) in [6.07, 6.45) is 21.9. The molecular formula is C25H52N2O4. The highest BCUT2D eigenvalue weighted by Gasteiger charge is 2.17. The van der Waals surface area contributed by atoms with Crippen LogP contribution in [0.25, 0.3) is 0 Å². The Kier molecular flexibility index (Phi) is 27.8. The molecule has 186 valence electrons. The van der Waals surface area contributed by atoms with Crippen molar-refractivity contribution in [1.82, 2.24) is 5.32 Å². The van der Waals surface area contributed by atoms with Crippen molar-refractivity contribution in [1.29, 1.82) is 0 Å². The Balaban J connectivity index is 0. The predicted molar refractivity (Wildman–Crippen MR) is 130 cm³/mol. The summed E-state index contributed by atoms with van der Waals surface area (Å²) < 4.78 is 4.89. The van der Waals surface area contributed by atoms with Gasteiger partial charge in [-0.2, -0.15) is 0 Å². The minimum absolute atomic E-state index is 0.141. The van der Waals surface area contributed by atoms with Gasteiger partial charge in [-0.15, -0.1) is 0 Å². The third kappa shape index (κ3) is 28.9. The van der Waals surface area contributed by atoms with Crippen LogP contribution in [0.5, 0.6) is 0 Å². The number of hydrogen-bond donors (Lipinski definition) is 3. The minimum atomic E-state index is -0.833. The molecular weight excluding hydrogens is 392 g/mol. The lowest BCUT2D eigenvalue weighted by Crippen LogP contribution is -2.38. The number of aliphatic carboxylic acids is 1. The zero-order valence-electron chi connectivity index (χ0n) is 20.8. The van der Waals surface area contributed by atoms with Gasteiger partial charge in [-0.05, 0) is 32.4 Å². The lowest BCUT2D eigenvalue weighted by atomic mass is 10.0. The van der Waals surface area contributed by atoms with Gasteiger partial charge in [-0.1, -0.05) is 96.8 Å². The number of carboxylic acids is 1. The minimum Gasteiger partial charge on any atom is -0.481 e. The van der Waals surface area contributed by atoms with Crippen LogP contribution in [0, 0.1) is 0 Å². The molecule has 0 aromatic heterocycles. The number of carbonyl (C=O) groups excluding carboxylic acids is 1. The lowest BCUT2D eigenvalue weighted by molar-refractivity contribution is -0.143. The van der Waals surface area contributed by atoms with Gasteiger partial charge in [0.15, 0.2) is 0 Å². The van der Waals surface area contributed by atoms with Crippen LogP contribution in [0.3, 0.4) is 0 Å². The molecule has 1 unspecified atom stereocenters. The number of nitrogens with one attached hydrogen (secondary N) is 1. The smallest absolute Gasteiger partial charge is 0.322 e. The van der Waals surface area contributed by atoms with E-state index in [2.05, 4.69) is 12.2 Å². The van der Waals surface area contributed by atoms with Gasteiger partial charge in [0.05, 0.1) is 7.11 Å². The molecule has 0 radical (unpaired) electrons. The number of nitrogens with two attached hydrogens (primary N) is 1. The van der Waals surface area contributed by atoms with E-state index in [9.17, 15) is 4.79 Å². The molecule has 6 nitrogen and oxygen atoms in total. The summed E-state index contributed by atoms with van der Waals surface area (Å²) in [6.45, 7) is 4.95. The van der Waals surface area contributed by atoms with E-state index in [1.54, 1.807) is 0 Å². The van der Waals surface area contributed by atoms with E-state index in [-0.39, 0.29) is 12.0 Å². The van der Waals surface area contributed by atoms with Gasteiger partial charge in [0.1, 0.15) is 6.04 Å². The van der Waals surface area contributed by atoms with E-state index >= 15 is 0 Å². The molecule has 0 amide bonds. The molecule has 0 aromatic rings. The van der Waals surface area contributed by atoms with Crippen LogP contribution in [0.1, 0.15) is 123 Å². The second-order valence-corrected chi connectivity index (χ2v) is 8.43. The molecule has 31 heavy (non-hydrogen) atoms. The number of esters is 1. The molecule has 0 aliphatic rings. The van der Waals surface area contributed by atoms with Crippen molar-refractivity contribution in [2.45, 2.75) is 129 Å². The molecule has 0 heterocycles. The fourth-order valence-corrected chi connectivity index (χ4v) is 3.53. The van der Waals surface area contributed by atoms with E-state index < -0.39 is 5.97 Å². The van der Waals surface area contributed by atoms with Crippen LogP contribution in [-0.2, 0) is 14.3 Å². The number of unbranched alkanes of at least 4 members (excludes halogenated alkanes) is 14. The van der Waals surface area contributed by atoms with E-state index in [0.29, 0.717) is 6.54 Å². The Morgan fingerprint density at radius 2 is 1.23 bits per heavy atom. The molecule has 0 rings (SSSR count). The Morgan fingerprint density at radius 3 is 1.61 bits per heavy atom. The Labute approximate surface area is 192 Å². The van der Waals surface area contributed by atoms with Crippen LogP contribution in [0.15, 0.2) is 0 Å². The number of methoxy groups -OCH3 is 1. The quantitative estimate of drug-likeness (QED) is 0.152. The van der Waals surface area contributed by atoms with Crippen molar-refractivity contribution in [2.24, 2.45) is 5.73 Å². The summed E-state index contributed by atoms with van der Waals surface area (Å²) in [5.74, 6) is -0.975. The number of rotatable bonds is 21. The first kappa shape index (κ1) is 32.0. The maximum atomic E-state index is 11.8. The molecule has 1 atom stereocenters. The monoisotopic (exact) mass is 444 g/mol. The van der Waals surface area contributed by atoms with Crippen molar-refractivity contribution in [3.63, 3.8) is 0 Å². The second kappa shape index (κ2) is 26.9. The zero-order chi connectivity index (χ0) is 23.6. The Bertz CT molecular complexity index is 388. The summed E-state index contributed by atoms with van der Waals surface area (Å²) in [4.78, 5) is 20.8. The number of ether oxygens (including phenoxy) is 1. The van der Waals surface area contributed by atoms with Crippen LogP contribution in [0.2, 0.25) is 0 Å². The van der Waals surface area contributed by atoms with Gasteiger partial charge in [-0.25, -0.2) is 0 Å². The van der Waals surface area contributed by atoms with Gasteiger partial charge in [0, 0.05) is 6.92 Å². The molecule has 6 heteroatoms. The third-order valence-corrected chi connectivity index (χ3v) is 5.35. The topological polar surface area (TPSA) is 102 Å². The average Bonchev–Trinajstić information content (AvgIpc) is 2.74. The van der Waals surface area contributed by atoms with Gasteiger partial charge >= 0.3 is 5.97 Å². The maximum absolute atomic E-state index is 11.8. The largest absolute Gasteiger partial charge is 0.481 e. The summed E-state index contributed by atoms with van der Waals surface area (Å²) in [7, 11) is 1.46. The van der Waals surface area contributed by atoms with Crippen molar-refractivity contribution in [3.05, 3.63) is 0 Å². The van der Waals surface area contributed by atoms with Crippen molar-refractivity contribution < 1.29 is 19.4 Å². The van der Waals surface area contributed by atoms with Gasteiger partial charge in [-0.3, -0.25) is 9.59 Å². The van der Waals surface area contributed by atoms with E-state index in [0.717, 1.165) is 39.2 Å². The van der Waals surface area contributed by atoms with E-state index in [1.165, 1.54) is 90.6 Å². The lowest BCUT2D eigenvalue weighted by Gasteiger charge is -2.16.